The summed E-state index contributed by atoms with van der Waals surface area (Å²) in [7, 11) is 1.45. The van der Waals surface area contributed by atoms with E-state index in [1.54, 1.807) is 6.92 Å². The maximum atomic E-state index is 14.2. The number of aromatic nitrogens is 2. The van der Waals surface area contributed by atoms with Gasteiger partial charge in [0.05, 0.1) is 37.3 Å². The monoisotopic (exact) mass is 564 g/mol. The summed E-state index contributed by atoms with van der Waals surface area (Å²) < 4.78 is 13.2. The van der Waals surface area contributed by atoms with Gasteiger partial charge in [0.1, 0.15) is 12.8 Å². The Morgan fingerprint density at radius 1 is 0.976 bits per heavy atom. The highest BCUT2D eigenvalue weighted by molar-refractivity contribution is 6.00. The molecule has 0 spiro atoms. The maximum Gasteiger partial charge on any atom is 0.306 e. The predicted octanol–water partition coefficient (Wildman–Crippen LogP) is 4.85. The molecule has 9 heteroatoms. The van der Waals surface area contributed by atoms with E-state index in [1.807, 2.05) is 28.8 Å². The van der Waals surface area contributed by atoms with Crippen LogP contribution < -0.4 is 5.56 Å². The van der Waals surface area contributed by atoms with Gasteiger partial charge in [0.25, 0.3) is 5.56 Å². The quantitative estimate of drug-likeness (QED) is 0.257. The zero-order valence-electron chi connectivity index (χ0n) is 24.5. The average molecular weight is 565 g/mol. The van der Waals surface area contributed by atoms with Crippen molar-refractivity contribution in [2.24, 2.45) is 17.0 Å². The fourth-order valence-electron chi connectivity index (χ4n) is 8.31. The summed E-state index contributed by atoms with van der Waals surface area (Å²) in [6.45, 7) is 3.53. The van der Waals surface area contributed by atoms with Gasteiger partial charge in [0, 0.05) is 30.6 Å². The van der Waals surface area contributed by atoms with Crippen LogP contribution in [0.5, 0.6) is 0 Å². The van der Waals surface area contributed by atoms with Gasteiger partial charge in [-0.05, 0) is 63.0 Å². The van der Waals surface area contributed by atoms with Crippen LogP contribution in [0.3, 0.4) is 0 Å². The Morgan fingerprint density at radius 2 is 1.68 bits per heavy atom. The summed E-state index contributed by atoms with van der Waals surface area (Å²) in [6.07, 6.45) is 11.7. The van der Waals surface area contributed by atoms with Crippen molar-refractivity contribution in [3.63, 3.8) is 0 Å². The van der Waals surface area contributed by atoms with E-state index in [-0.39, 0.29) is 36.1 Å². The lowest BCUT2D eigenvalue weighted by Crippen LogP contribution is -2.62. The van der Waals surface area contributed by atoms with Crippen molar-refractivity contribution in [1.82, 2.24) is 14.5 Å². The van der Waals surface area contributed by atoms with Gasteiger partial charge in [0.15, 0.2) is 5.69 Å². The number of piperidine rings is 1. The van der Waals surface area contributed by atoms with E-state index < -0.39 is 0 Å². The summed E-state index contributed by atoms with van der Waals surface area (Å²) in [5.41, 5.74) is 2.02. The molecule has 2 saturated heterocycles. The number of ether oxygens (including phenoxy) is 2. The zero-order chi connectivity index (χ0) is 28.3. The number of oxime groups is 1. The number of hydrogen-bond acceptors (Lipinski definition) is 8. The number of para-hydroxylation sites is 2. The topological polar surface area (TPSA) is 95.2 Å². The zero-order valence-corrected chi connectivity index (χ0v) is 24.5. The SMILES string of the molecule is CCOC(=O)CCC(=NOC)c1nc2ccccc2n(C2C[C@H]3COC[C@@H](C2)N3C2CC3CCCCC(C3)C2)c1=O. The first kappa shape index (κ1) is 28.3. The highest BCUT2D eigenvalue weighted by atomic mass is 16.6. The van der Waals surface area contributed by atoms with Gasteiger partial charge in [-0.25, -0.2) is 4.98 Å². The third-order valence-electron chi connectivity index (χ3n) is 9.83. The molecule has 2 aromatic rings. The van der Waals surface area contributed by atoms with E-state index in [0.717, 1.165) is 48.9 Å². The molecular weight excluding hydrogens is 520 g/mol. The van der Waals surface area contributed by atoms with Gasteiger partial charge in [-0.1, -0.05) is 43.0 Å². The molecular formula is C32H44N4O5. The number of fused-ring (bicyclic) bond motifs is 5. The van der Waals surface area contributed by atoms with Crippen molar-refractivity contribution in [3.05, 3.63) is 40.3 Å². The van der Waals surface area contributed by atoms with Crippen LogP contribution in [0, 0.1) is 11.8 Å². The van der Waals surface area contributed by atoms with Crippen LogP contribution in [-0.2, 0) is 19.1 Å². The fourth-order valence-corrected chi connectivity index (χ4v) is 8.31. The minimum absolute atomic E-state index is 0.0315. The van der Waals surface area contributed by atoms with Gasteiger partial charge in [0.2, 0.25) is 0 Å². The molecule has 2 aliphatic heterocycles. The molecule has 1 aromatic carbocycles. The van der Waals surface area contributed by atoms with Crippen molar-refractivity contribution in [2.75, 3.05) is 26.9 Å². The van der Waals surface area contributed by atoms with E-state index in [1.165, 1.54) is 52.1 Å². The molecule has 0 N–H and O–H groups in total. The Hall–Kier alpha value is -2.78. The van der Waals surface area contributed by atoms with Crippen LogP contribution in [0.25, 0.3) is 11.0 Å². The second kappa shape index (κ2) is 12.6. The lowest BCUT2D eigenvalue weighted by Gasteiger charge is -2.54. The van der Waals surface area contributed by atoms with Gasteiger partial charge in [-0.2, -0.15) is 0 Å². The van der Waals surface area contributed by atoms with Crippen LogP contribution >= 0.6 is 0 Å². The van der Waals surface area contributed by atoms with Gasteiger partial charge < -0.3 is 18.9 Å². The molecule has 2 aliphatic carbocycles. The van der Waals surface area contributed by atoms with Crippen LogP contribution in [0.4, 0.5) is 0 Å². The molecule has 41 heavy (non-hydrogen) atoms. The lowest BCUT2D eigenvalue weighted by molar-refractivity contribution is -0.142. The molecule has 2 saturated carbocycles. The summed E-state index contributed by atoms with van der Waals surface area (Å²) in [6, 6.07) is 9.09. The first-order valence-corrected chi connectivity index (χ1v) is 15.7. The van der Waals surface area contributed by atoms with E-state index in [2.05, 4.69) is 10.1 Å². The van der Waals surface area contributed by atoms with E-state index in [4.69, 9.17) is 19.3 Å². The first-order valence-electron chi connectivity index (χ1n) is 15.7. The minimum Gasteiger partial charge on any atom is -0.466 e. The number of hydrogen-bond donors (Lipinski definition) is 0. The van der Waals surface area contributed by atoms with Crippen molar-refractivity contribution >= 4 is 22.7 Å². The summed E-state index contributed by atoms with van der Waals surface area (Å²) in [4.78, 5) is 39.0. The van der Waals surface area contributed by atoms with Gasteiger partial charge >= 0.3 is 5.97 Å². The molecule has 0 radical (unpaired) electrons. The fraction of sp³-hybridized carbons (Fsp3) is 0.688. The Labute approximate surface area is 242 Å². The van der Waals surface area contributed by atoms with Crippen LogP contribution in [0.2, 0.25) is 0 Å². The van der Waals surface area contributed by atoms with Crippen LogP contribution in [-0.4, -0.2) is 71.2 Å². The lowest BCUT2D eigenvalue weighted by atomic mass is 9.75. The molecule has 3 heterocycles. The second-order valence-electron chi connectivity index (χ2n) is 12.4. The van der Waals surface area contributed by atoms with Gasteiger partial charge in [-0.3, -0.25) is 14.5 Å². The largest absolute Gasteiger partial charge is 0.466 e. The molecule has 9 nitrogen and oxygen atoms in total. The van der Waals surface area contributed by atoms with E-state index >= 15 is 0 Å². The van der Waals surface area contributed by atoms with Crippen LogP contribution in [0.1, 0.15) is 89.3 Å². The number of benzene rings is 1. The normalized spacial score (nSPS) is 30.5. The number of morpholine rings is 1. The standard InChI is InChI=1S/C32H44N4O5/c1-3-41-30(37)13-12-28(34-39-2)31-32(38)36(29-11-7-6-10-27(29)33-31)24-17-25-19-40-20-26(18-24)35(25)23-15-21-8-4-5-9-22(14-21)16-23/h6-7,10-11,21-26H,3-5,8-9,12-20H2,1-2H3/t21?,22?,23?,24?,25-,26+. The second-order valence-corrected chi connectivity index (χ2v) is 12.4. The van der Waals surface area contributed by atoms with Crippen molar-refractivity contribution in [2.45, 2.75) is 102 Å². The molecule has 3 unspecified atom stereocenters. The number of esters is 1. The molecule has 4 bridgehead atoms. The number of rotatable bonds is 8. The maximum absolute atomic E-state index is 14.2. The smallest absolute Gasteiger partial charge is 0.306 e. The van der Waals surface area contributed by atoms with E-state index in [9.17, 15) is 9.59 Å². The average Bonchev–Trinajstić information content (AvgIpc) is 3.13. The molecule has 4 aliphatic rings. The summed E-state index contributed by atoms with van der Waals surface area (Å²) in [5.74, 6) is 1.39. The molecule has 6 rings (SSSR count). The Balaban J connectivity index is 1.32. The summed E-state index contributed by atoms with van der Waals surface area (Å²) in [5, 5.41) is 4.15. The minimum atomic E-state index is -0.333. The highest BCUT2D eigenvalue weighted by Gasteiger charge is 2.46. The summed E-state index contributed by atoms with van der Waals surface area (Å²) >= 11 is 0. The number of nitrogens with zero attached hydrogens (tertiary/aromatic N) is 4. The third kappa shape index (κ3) is 5.93. The molecule has 1 aromatic heterocycles. The van der Waals surface area contributed by atoms with Crippen LogP contribution in [0.15, 0.2) is 34.2 Å². The number of carbonyl (C=O) groups excluding carboxylic acids is 1. The number of carbonyl (C=O) groups is 1. The Kier molecular flexibility index (Phi) is 8.72. The van der Waals surface area contributed by atoms with Crippen molar-refractivity contribution in [3.8, 4) is 0 Å². The molecule has 0 amide bonds. The molecule has 222 valence electrons. The first-order chi connectivity index (χ1) is 20.1. The predicted molar refractivity (Wildman–Crippen MR) is 157 cm³/mol. The van der Waals surface area contributed by atoms with Crippen molar-refractivity contribution in [1.29, 1.82) is 0 Å². The Morgan fingerprint density at radius 3 is 2.37 bits per heavy atom. The highest BCUT2D eigenvalue weighted by Crippen LogP contribution is 2.44. The van der Waals surface area contributed by atoms with Crippen molar-refractivity contribution < 1.29 is 19.1 Å². The van der Waals surface area contributed by atoms with Gasteiger partial charge in [-0.15, -0.1) is 0 Å². The molecule has 5 atom stereocenters. The Bertz CT molecular complexity index is 1300. The van der Waals surface area contributed by atoms with E-state index in [0.29, 0.717) is 30.4 Å². The third-order valence-corrected chi connectivity index (χ3v) is 9.83. The molecule has 4 fully saturated rings.